The summed E-state index contributed by atoms with van der Waals surface area (Å²) in [7, 11) is 0. The molecule has 0 spiro atoms. The number of benzene rings is 2. The van der Waals surface area contributed by atoms with Crippen molar-refractivity contribution in [1.29, 1.82) is 0 Å². The van der Waals surface area contributed by atoms with Crippen LogP contribution in [0.5, 0.6) is 11.5 Å². The van der Waals surface area contributed by atoms with Crippen molar-refractivity contribution in [1.82, 2.24) is 0 Å². The normalized spacial score (nSPS) is 11.7. The fourth-order valence-corrected chi connectivity index (χ4v) is 13.3. The quantitative estimate of drug-likeness (QED) is 0.0600. The molecular weight excluding hydrogens is 977 g/mol. The summed E-state index contributed by atoms with van der Waals surface area (Å²) in [6.07, 6.45) is 90.0. The average Bonchev–Trinajstić information content (AvgIpc) is 3.49. The van der Waals surface area contributed by atoms with Crippen LogP contribution in [0, 0.1) is 0 Å². The first-order chi connectivity index (χ1) is 40.2. The molecule has 0 aliphatic carbocycles. The highest BCUT2D eigenvalue weighted by atomic mass is 16.5. The SMILES string of the molecule is CCCCCCCCCCCCCCCCCc1cccc(Oc2cccc(CCCCCCCCCCCCCCCCC)c2CCCCCCCCCCCCCCCCC)c1CCCCCCCCCCCCCCCCC. The minimum Gasteiger partial charge on any atom is -0.457 e. The van der Waals surface area contributed by atoms with Gasteiger partial charge in [-0.3, -0.25) is 0 Å². The summed E-state index contributed by atoms with van der Waals surface area (Å²) in [4.78, 5) is 0. The second kappa shape index (κ2) is 61.3. The van der Waals surface area contributed by atoms with Gasteiger partial charge in [-0.05, 0) is 85.8 Å². The van der Waals surface area contributed by atoms with Crippen LogP contribution in [-0.2, 0) is 25.7 Å². The van der Waals surface area contributed by atoms with E-state index < -0.39 is 0 Å². The summed E-state index contributed by atoms with van der Waals surface area (Å²) in [5, 5.41) is 0. The predicted octanol–water partition coefficient (Wildman–Crippen LogP) is 29.1. The predicted molar refractivity (Wildman–Crippen MR) is 367 cm³/mol. The highest BCUT2D eigenvalue weighted by Gasteiger charge is 2.16. The Morgan fingerprint density at radius 3 is 0.531 bits per heavy atom. The van der Waals surface area contributed by atoms with Gasteiger partial charge >= 0.3 is 0 Å². The van der Waals surface area contributed by atoms with E-state index in [1.54, 1.807) is 11.1 Å². The van der Waals surface area contributed by atoms with Crippen molar-refractivity contribution < 1.29 is 4.74 Å². The van der Waals surface area contributed by atoms with Crippen molar-refractivity contribution in [2.24, 2.45) is 0 Å². The first-order valence-electron chi connectivity index (χ1n) is 38.1. The Morgan fingerprint density at radius 1 is 0.185 bits per heavy atom. The minimum absolute atomic E-state index is 1.16. The van der Waals surface area contributed by atoms with Crippen LogP contribution in [0.4, 0.5) is 0 Å². The molecule has 0 bridgehead atoms. The first-order valence-corrected chi connectivity index (χ1v) is 38.1. The lowest BCUT2D eigenvalue weighted by molar-refractivity contribution is 0.462. The molecule has 0 heterocycles. The third-order valence-corrected chi connectivity index (χ3v) is 18.8. The molecule has 0 unspecified atom stereocenters. The maximum Gasteiger partial charge on any atom is 0.130 e. The number of ether oxygens (including phenoxy) is 1. The molecule has 0 fully saturated rings. The molecule has 2 aromatic rings. The van der Waals surface area contributed by atoms with Gasteiger partial charge in [-0.25, -0.2) is 0 Å². The van der Waals surface area contributed by atoms with E-state index in [1.165, 1.54) is 421 Å². The number of aryl methyl sites for hydroxylation is 2. The summed E-state index contributed by atoms with van der Waals surface area (Å²) in [6, 6.07) is 14.3. The second-order valence-electron chi connectivity index (χ2n) is 26.7. The molecule has 0 aromatic heterocycles. The fourth-order valence-electron chi connectivity index (χ4n) is 13.3. The van der Waals surface area contributed by atoms with Crippen molar-refractivity contribution in [3.8, 4) is 11.5 Å². The zero-order valence-corrected chi connectivity index (χ0v) is 56.1. The van der Waals surface area contributed by atoms with Crippen LogP contribution >= 0.6 is 0 Å². The molecule has 0 saturated carbocycles. The standard InChI is InChI=1S/C80H146O/c1-5-9-13-17-21-25-29-33-37-41-45-49-53-57-61-67-75-69-65-73-79(77(75)71-63-59-55-51-47-43-39-35-31-27-23-19-15-11-7-3)81-80-74-66-70-76(68-62-58-54-50-46-42-38-34-30-26-22-18-14-10-6-2)78(80)72-64-60-56-52-48-44-40-36-32-28-24-20-16-12-8-4/h65-66,69-70,73-74H,5-64,67-68,71-72H2,1-4H3. The lowest BCUT2D eigenvalue weighted by Crippen LogP contribution is -2.03. The number of unbranched alkanes of at least 4 members (excludes halogenated alkanes) is 56. The van der Waals surface area contributed by atoms with Gasteiger partial charge in [-0.15, -0.1) is 0 Å². The van der Waals surface area contributed by atoms with Gasteiger partial charge in [0, 0.05) is 0 Å². The van der Waals surface area contributed by atoms with Crippen LogP contribution in [0.15, 0.2) is 36.4 Å². The van der Waals surface area contributed by atoms with Gasteiger partial charge in [0.25, 0.3) is 0 Å². The number of hydrogen-bond donors (Lipinski definition) is 0. The topological polar surface area (TPSA) is 9.23 Å². The van der Waals surface area contributed by atoms with E-state index in [4.69, 9.17) is 4.74 Å². The van der Waals surface area contributed by atoms with E-state index in [0.29, 0.717) is 0 Å². The maximum absolute atomic E-state index is 7.33. The summed E-state index contributed by atoms with van der Waals surface area (Å²) < 4.78 is 7.33. The molecule has 1 nitrogen and oxygen atoms in total. The first kappa shape index (κ1) is 75.3. The van der Waals surface area contributed by atoms with Crippen molar-refractivity contribution >= 4 is 0 Å². The fraction of sp³-hybridized carbons (Fsp3) is 0.850. The molecule has 0 N–H and O–H groups in total. The van der Waals surface area contributed by atoms with Crippen molar-refractivity contribution in [2.45, 2.75) is 439 Å². The highest BCUT2D eigenvalue weighted by molar-refractivity contribution is 5.47. The molecule has 2 aromatic carbocycles. The lowest BCUT2D eigenvalue weighted by atomic mass is 9.94. The van der Waals surface area contributed by atoms with Crippen molar-refractivity contribution in [3.05, 3.63) is 58.7 Å². The summed E-state index contributed by atoms with van der Waals surface area (Å²) >= 11 is 0. The largest absolute Gasteiger partial charge is 0.457 e. The molecule has 0 aliphatic heterocycles. The van der Waals surface area contributed by atoms with Crippen LogP contribution < -0.4 is 4.74 Å². The molecule has 0 saturated heterocycles. The van der Waals surface area contributed by atoms with Crippen LogP contribution in [0.25, 0.3) is 0 Å². The Kier molecular flexibility index (Phi) is 57.0. The Hall–Kier alpha value is -1.76. The van der Waals surface area contributed by atoms with E-state index >= 15 is 0 Å². The van der Waals surface area contributed by atoms with E-state index in [1.807, 2.05) is 0 Å². The summed E-state index contributed by atoms with van der Waals surface area (Å²) in [5.74, 6) is 2.33. The molecule has 2 rings (SSSR count). The van der Waals surface area contributed by atoms with Crippen LogP contribution in [0.1, 0.15) is 435 Å². The van der Waals surface area contributed by atoms with Crippen LogP contribution in [0.2, 0.25) is 0 Å². The Balaban J connectivity index is 2.02. The third-order valence-electron chi connectivity index (χ3n) is 18.8. The summed E-state index contributed by atoms with van der Waals surface area (Å²) in [5.41, 5.74) is 6.21. The lowest BCUT2D eigenvalue weighted by Gasteiger charge is -2.20. The van der Waals surface area contributed by atoms with Crippen LogP contribution in [-0.4, -0.2) is 0 Å². The molecule has 0 amide bonds. The zero-order chi connectivity index (χ0) is 57.7. The molecular formula is C80H146O. The molecule has 0 aliphatic rings. The Morgan fingerprint density at radius 2 is 0.346 bits per heavy atom. The molecule has 1 heteroatoms. The smallest absolute Gasteiger partial charge is 0.130 e. The Bertz CT molecular complexity index is 1420. The van der Waals surface area contributed by atoms with Crippen molar-refractivity contribution in [2.75, 3.05) is 0 Å². The van der Waals surface area contributed by atoms with Gasteiger partial charge in [0.15, 0.2) is 0 Å². The van der Waals surface area contributed by atoms with E-state index in [9.17, 15) is 0 Å². The zero-order valence-electron chi connectivity index (χ0n) is 56.1. The number of rotatable bonds is 66. The van der Waals surface area contributed by atoms with Gasteiger partial charge < -0.3 is 4.74 Å². The van der Waals surface area contributed by atoms with Crippen molar-refractivity contribution in [3.63, 3.8) is 0 Å². The van der Waals surface area contributed by atoms with Gasteiger partial charge in [0.1, 0.15) is 11.5 Å². The highest BCUT2D eigenvalue weighted by Crippen LogP contribution is 2.35. The van der Waals surface area contributed by atoms with E-state index in [0.717, 1.165) is 12.8 Å². The molecule has 472 valence electrons. The second-order valence-corrected chi connectivity index (χ2v) is 26.7. The van der Waals surface area contributed by atoms with Gasteiger partial charge in [-0.1, -0.05) is 412 Å². The monoisotopic (exact) mass is 1120 g/mol. The van der Waals surface area contributed by atoms with Gasteiger partial charge in [-0.2, -0.15) is 0 Å². The van der Waals surface area contributed by atoms with E-state index in [-0.39, 0.29) is 0 Å². The maximum atomic E-state index is 7.33. The van der Waals surface area contributed by atoms with Gasteiger partial charge in [0.2, 0.25) is 0 Å². The number of hydrogen-bond acceptors (Lipinski definition) is 1. The third kappa shape index (κ3) is 47.1. The molecule has 81 heavy (non-hydrogen) atoms. The van der Waals surface area contributed by atoms with E-state index in [2.05, 4.69) is 64.1 Å². The Labute approximate surface area is 510 Å². The summed E-state index contributed by atoms with van der Waals surface area (Å²) in [6.45, 7) is 9.30. The average molecular weight is 1120 g/mol. The van der Waals surface area contributed by atoms with Gasteiger partial charge in [0.05, 0.1) is 0 Å². The molecule has 0 radical (unpaired) electrons. The molecule has 0 atom stereocenters. The van der Waals surface area contributed by atoms with Crippen LogP contribution in [0.3, 0.4) is 0 Å². The minimum atomic E-state index is 1.16.